The maximum atomic E-state index is 11.8. The van der Waals surface area contributed by atoms with E-state index in [1.807, 2.05) is 6.92 Å². The quantitative estimate of drug-likeness (QED) is 0.574. The first kappa shape index (κ1) is 13.2. The van der Waals surface area contributed by atoms with Crippen LogP contribution in [0.4, 0.5) is 0 Å². The van der Waals surface area contributed by atoms with Crippen molar-refractivity contribution in [2.75, 3.05) is 6.54 Å². The van der Waals surface area contributed by atoms with Crippen molar-refractivity contribution in [1.29, 1.82) is 0 Å². The Balaban J connectivity index is 1.58. The number of halogens is 1. The van der Waals surface area contributed by atoms with Crippen LogP contribution in [-0.2, 0) is 4.79 Å². The molecule has 2 aliphatic rings. The Morgan fingerprint density at radius 1 is 1.41 bits per heavy atom. The molecule has 2 bridgehead atoms. The molecular formula is C14H24ClNO. The minimum absolute atomic E-state index is 0.220. The van der Waals surface area contributed by atoms with Gasteiger partial charge in [0.15, 0.2) is 0 Å². The van der Waals surface area contributed by atoms with E-state index in [1.165, 1.54) is 25.7 Å². The first-order chi connectivity index (χ1) is 8.15. The molecule has 0 aromatic heterocycles. The minimum Gasteiger partial charge on any atom is -0.356 e. The highest BCUT2D eigenvalue weighted by Crippen LogP contribution is 2.49. The zero-order valence-corrected chi connectivity index (χ0v) is 11.5. The third kappa shape index (κ3) is 3.87. The zero-order chi connectivity index (χ0) is 12.3. The third-order valence-corrected chi connectivity index (χ3v) is 4.65. The second-order valence-electron chi connectivity index (χ2n) is 5.91. The van der Waals surface area contributed by atoms with E-state index < -0.39 is 0 Å². The lowest BCUT2D eigenvalue weighted by molar-refractivity contribution is -0.122. The van der Waals surface area contributed by atoms with Gasteiger partial charge in [-0.3, -0.25) is 4.79 Å². The minimum atomic E-state index is 0.220. The van der Waals surface area contributed by atoms with Crippen molar-refractivity contribution in [3.05, 3.63) is 0 Å². The molecule has 0 aromatic carbocycles. The van der Waals surface area contributed by atoms with Crippen LogP contribution in [0.15, 0.2) is 0 Å². The molecule has 2 saturated carbocycles. The summed E-state index contributed by atoms with van der Waals surface area (Å²) in [6, 6.07) is 0. The normalized spacial score (nSPS) is 32.7. The van der Waals surface area contributed by atoms with Crippen molar-refractivity contribution in [3.8, 4) is 0 Å². The number of rotatable bonds is 6. The van der Waals surface area contributed by atoms with Gasteiger partial charge in [-0.25, -0.2) is 0 Å². The van der Waals surface area contributed by atoms with Gasteiger partial charge < -0.3 is 5.32 Å². The van der Waals surface area contributed by atoms with Crippen LogP contribution in [0.2, 0.25) is 0 Å². The van der Waals surface area contributed by atoms with Crippen molar-refractivity contribution >= 4 is 17.5 Å². The van der Waals surface area contributed by atoms with Gasteiger partial charge in [-0.1, -0.05) is 6.42 Å². The summed E-state index contributed by atoms with van der Waals surface area (Å²) in [5.74, 6) is 2.73. The Bertz CT molecular complexity index is 267. The highest BCUT2D eigenvalue weighted by molar-refractivity contribution is 6.20. The maximum absolute atomic E-state index is 11.8. The van der Waals surface area contributed by atoms with Crippen LogP contribution in [0, 0.1) is 17.8 Å². The van der Waals surface area contributed by atoms with Crippen LogP contribution < -0.4 is 5.32 Å². The number of nitrogens with one attached hydrogen (secondary N) is 1. The van der Waals surface area contributed by atoms with Gasteiger partial charge in [0.25, 0.3) is 0 Å². The summed E-state index contributed by atoms with van der Waals surface area (Å²) in [5.41, 5.74) is 0. The first-order valence-corrected chi connectivity index (χ1v) is 7.49. The van der Waals surface area contributed by atoms with E-state index in [2.05, 4.69) is 5.32 Å². The van der Waals surface area contributed by atoms with E-state index >= 15 is 0 Å². The summed E-state index contributed by atoms with van der Waals surface area (Å²) in [4.78, 5) is 11.8. The summed E-state index contributed by atoms with van der Waals surface area (Å²) in [5, 5.41) is 3.25. The predicted octanol–water partition coefficient (Wildman–Crippen LogP) is 3.34. The van der Waals surface area contributed by atoms with E-state index in [0.29, 0.717) is 5.92 Å². The Morgan fingerprint density at radius 2 is 2.24 bits per heavy atom. The lowest BCUT2D eigenvalue weighted by Gasteiger charge is -2.20. The monoisotopic (exact) mass is 257 g/mol. The van der Waals surface area contributed by atoms with E-state index in [9.17, 15) is 4.79 Å². The van der Waals surface area contributed by atoms with Gasteiger partial charge in [0, 0.05) is 18.3 Å². The summed E-state index contributed by atoms with van der Waals surface area (Å²) in [6.07, 6.45) is 8.21. The molecule has 2 nitrogen and oxygen atoms in total. The number of alkyl halides is 1. The van der Waals surface area contributed by atoms with Crippen molar-refractivity contribution < 1.29 is 4.79 Å². The molecule has 98 valence electrons. The molecule has 0 radical (unpaired) electrons. The standard InChI is InChI=1S/C14H24ClNO/c1-10(15)3-2-6-16-14(17)9-13-8-11-4-5-12(13)7-11/h10-13H,2-9H2,1H3,(H,16,17). The van der Waals surface area contributed by atoms with E-state index in [-0.39, 0.29) is 11.3 Å². The van der Waals surface area contributed by atoms with Gasteiger partial charge in [-0.2, -0.15) is 0 Å². The molecule has 2 rings (SSSR count). The van der Waals surface area contributed by atoms with Gasteiger partial charge in [0.05, 0.1) is 0 Å². The van der Waals surface area contributed by atoms with Gasteiger partial charge in [0.1, 0.15) is 0 Å². The topological polar surface area (TPSA) is 29.1 Å². The molecule has 2 fully saturated rings. The molecule has 3 heteroatoms. The Labute approximate surface area is 109 Å². The number of carbonyl (C=O) groups excluding carboxylic acids is 1. The van der Waals surface area contributed by atoms with Crippen molar-refractivity contribution in [3.63, 3.8) is 0 Å². The van der Waals surface area contributed by atoms with E-state index in [1.54, 1.807) is 0 Å². The fourth-order valence-corrected chi connectivity index (χ4v) is 3.70. The predicted molar refractivity (Wildman–Crippen MR) is 71.1 cm³/mol. The van der Waals surface area contributed by atoms with Gasteiger partial charge in [0.2, 0.25) is 5.91 Å². The second kappa shape index (κ2) is 6.08. The van der Waals surface area contributed by atoms with Crippen LogP contribution in [0.3, 0.4) is 0 Å². The molecule has 17 heavy (non-hydrogen) atoms. The summed E-state index contributed by atoms with van der Waals surface area (Å²) < 4.78 is 0. The van der Waals surface area contributed by atoms with Crippen LogP contribution in [0.1, 0.15) is 51.9 Å². The average molecular weight is 258 g/mol. The summed E-state index contributed by atoms with van der Waals surface area (Å²) in [6.45, 7) is 2.79. The number of carbonyl (C=O) groups is 1. The van der Waals surface area contributed by atoms with Crippen molar-refractivity contribution in [2.45, 2.75) is 57.2 Å². The summed E-state index contributed by atoms with van der Waals surface area (Å²) in [7, 11) is 0. The van der Waals surface area contributed by atoms with Gasteiger partial charge in [-0.05, 0) is 56.8 Å². The smallest absolute Gasteiger partial charge is 0.220 e. The van der Waals surface area contributed by atoms with Crippen molar-refractivity contribution in [1.82, 2.24) is 5.32 Å². The highest BCUT2D eigenvalue weighted by atomic mass is 35.5. The van der Waals surface area contributed by atoms with Crippen LogP contribution >= 0.6 is 11.6 Å². The van der Waals surface area contributed by atoms with Gasteiger partial charge in [-0.15, -0.1) is 11.6 Å². The molecule has 2 aliphatic carbocycles. The fraction of sp³-hybridized carbons (Fsp3) is 0.929. The van der Waals surface area contributed by atoms with Crippen LogP contribution in [0.5, 0.6) is 0 Å². The molecule has 4 atom stereocenters. The van der Waals surface area contributed by atoms with Gasteiger partial charge >= 0.3 is 0 Å². The molecular weight excluding hydrogens is 234 g/mol. The Hall–Kier alpha value is -0.240. The van der Waals surface area contributed by atoms with Crippen molar-refractivity contribution in [2.24, 2.45) is 17.8 Å². The molecule has 0 spiro atoms. The summed E-state index contributed by atoms with van der Waals surface area (Å²) >= 11 is 5.86. The maximum Gasteiger partial charge on any atom is 0.220 e. The fourth-order valence-electron chi connectivity index (χ4n) is 3.55. The second-order valence-corrected chi connectivity index (χ2v) is 6.66. The SMILES string of the molecule is CC(Cl)CCCNC(=O)CC1CC2CCC1C2. The number of hydrogen-bond donors (Lipinski definition) is 1. The number of hydrogen-bond acceptors (Lipinski definition) is 1. The lowest BCUT2D eigenvalue weighted by Crippen LogP contribution is -2.28. The lowest BCUT2D eigenvalue weighted by atomic mass is 9.86. The molecule has 0 aromatic rings. The number of fused-ring (bicyclic) bond motifs is 2. The zero-order valence-electron chi connectivity index (χ0n) is 10.8. The molecule has 1 N–H and O–H groups in total. The Morgan fingerprint density at radius 3 is 2.82 bits per heavy atom. The molecule has 0 heterocycles. The largest absolute Gasteiger partial charge is 0.356 e. The molecule has 4 unspecified atom stereocenters. The van der Waals surface area contributed by atoms with E-state index in [0.717, 1.165) is 37.6 Å². The highest BCUT2D eigenvalue weighted by Gasteiger charge is 2.39. The average Bonchev–Trinajstić information content (AvgIpc) is 2.86. The van der Waals surface area contributed by atoms with Crippen LogP contribution in [0.25, 0.3) is 0 Å². The first-order valence-electron chi connectivity index (χ1n) is 7.06. The number of amides is 1. The van der Waals surface area contributed by atoms with E-state index in [4.69, 9.17) is 11.6 Å². The Kier molecular flexibility index (Phi) is 4.72. The molecule has 0 saturated heterocycles. The van der Waals surface area contributed by atoms with Crippen LogP contribution in [-0.4, -0.2) is 17.8 Å². The third-order valence-electron chi connectivity index (χ3n) is 4.43. The molecule has 1 amide bonds. The molecule has 0 aliphatic heterocycles.